The third-order valence-electron chi connectivity index (χ3n) is 15.4. The van der Waals surface area contributed by atoms with Gasteiger partial charge in [-0.3, -0.25) is 19.8 Å². The highest BCUT2D eigenvalue weighted by Gasteiger charge is 2.50. The average Bonchev–Trinajstić information content (AvgIpc) is 4.00. The molecule has 1 amide bonds. The number of fused-ring (bicyclic) bond motifs is 2. The van der Waals surface area contributed by atoms with Crippen LogP contribution in [0.1, 0.15) is 118 Å². The van der Waals surface area contributed by atoms with Crippen LogP contribution in [0.2, 0.25) is 0 Å². The fourth-order valence-electron chi connectivity index (χ4n) is 11.5. The monoisotopic (exact) mass is 984 g/mol. The van der Waals surface area contributed by atoms with Gasteiger partial charge in [-0.2, -0.15) is 13.8 Å². The van der Waals surface area contributed by atoms with Crippen LogP contribution in [-0.2, 0) is 10.0 Å². The van der Waals surface area contributed by atoms with E-state index in [0.29, 0.717) is 67.8 Å². The summed E-state index contributed by atoms with van der Waals surface area (Å²) in [4.78, 5) is 37.1. The molecule has 16 nitrogen and oxygen atoms in total. The van der Waals surface area contributed by atoms with E-state index in [2.05, 4.69) is 57.9 Å². The van der Waals surface area contributed by atoms with Crippen molar-refractivity contribution in [3.8, 4) is 28.9 Å². The number of pyridine rings is 1. The number of amides is 1. The number of nitro benzene ring substituents is 1. The predicted molar refractivity (Wildman–Crippen MR) is 256 cm³/mol. The van der Waals surface area contributed by atoms with Crippen LogP contribution in [-0.4, -0.2) is 89.8 Å². The number of piperidine rings is 1. The van der Waals surface area contributed by atoms with Crippen molar-refractivity contribution in [1.29, 1.82) is 0 Å². The molecular formula is C51H58F2N6O10S. The summed E-state index contributed by atoms with van der Waals surface area (Å²) in [5.41, 5.74) is 2.21. The Balaban J connectivity index is 0.888. The number of aromatic amines is 1. The zero-order chi connectivity index (χ0) is 49.1. The van der Waals surface area contributed by atoms with Gasteiger partial charge in [-0.05, 0) is 130 Å². The topological polar surface area (TPSA) is 199 Å². The van der Waals surface area contributed by atoms with E-state index in [1.165, 1.54) is 29.7 Å². The number of likely N-dealkylation sites (tertiary alicyclic amines) is 1. The van der Waals surface area contributed by atoms with Gasteiger partial charge in [0.15, 0.2) is 11.5 Å². The number of sulfonamides is 1. The number of hydrogen-bond acceptors (Lipinski definition) is 13. The molecule has 3 aromatic carbocycles. The highest BCUT2D eigenvalue weighted by atomic mass is 32.2. The zero-order valence-corrected chi connectivity index (χ0v) is 40.2. The molecule has 5 aliphatic rings. The zero-order valence-electron chi connectivity index (χ0n) is 39.4. The molecule has 5 aromatic rings. The number of hydrogen-bond donors (Lipinski definition) is 3. The number of halogens is 2. The molecule has 4 fully saturated rings. The van der Waals surface area contributed by atoms with Gasteiger partial charge in [0, 0.05) is 60.6 Å². The molecule has 2 aliphatic carbocycles. The van der Waals surface area contributed by atoms with Gasteiger partial charge >= 0.3 is 12.3 Å². The van der Waals surface area contributed by atoms with Gasteiger partial charge in [0.1, 0.15) is 24.1 Å². The maximum absolute atomic E-state index is 14.2. The second kappa shape index (κ2) is 18.6. The third kappa shape index (κ3) is 9.46. The molecule has 19 heteroatoms. The number of nitrogens with zero attached hydrogens (tertiary/aromatic N) is 4. The summed E-state index contributed by atoms with van der Waals surface area (Å²) < 4.78 is 80.5. The summed E-state index contributed by atoms with van der Waals surface area (Å²) in [6, 6.07) is 19.4. The summed E-state index contributed by atoms with van der Waals surface area (Å²) in [7, 11) is -4.83. The molecule has 5 heterocycles. The van der Waals surface area contributed by atoms with Gasteiger partial charge in [-0.25, -0.2) is 13.1 Å². The van der Waals surface area contributed by atoms with Crippen LogP contribution < -0.4 is 28.6 Å². The Morgan fingerprint density at radius 2 is 1.76 bits per heavy atom. The van der Waals surface area contributed by atoms with Gasteiger partial charge in [-0.1, -0.05) is 38.1 Å². The Kier molecular flexibility index (Phi) is 12.7. The lowest BCUT2D eigenvalue weighted by Gasteiger charge is -2.56. The number of ether oxygens (including phenoxy) is 4. The molecule has 0 radical (unpaired) electrons. The Labute approximate surface area is 404 Å². The number of aromatic nitrogens is 2. The van der Waals surface area contributed by atoms with E-state index in [-0.39, 0.29) is 52.1 Å². The summed E-state index contributed by atoms with van der Waals surface area (Å²) >= 11 is 0. The molecule has 3 N–H and O–H groups in total. The number of alkyl halides is 2. The second-order valence-electron chi connectivity index (χ2n) is 20.4. The summed E-state index contributed by atoms with van der Waals surface area (Å²) in [5, 5.41) is 23.3. The van der Waals surface area contributed by atoms with Crippen LogP contribution in [0.4, 0.5) is 20.2 Å². The van der Waals surface area contributed by atoms with Crippen molar-refractivity contribution in [3.05, 3.63) is 99.7 Å². The number of aliphatic hydroxyl groups is 1. The molecular weight excluding hydrogens is 927 g/mol. The Morgan fingerprint density at radius 1 is 1.00 bits per heavy atom. The van der Waals surface area contributed by atoms with Crippen LogP contribution in [0.15, 0.2) is 77.8 Å². The summed E-state index contributed by atoms with van der Waals surface area (Å²) in [6.45, 7) is 5.49. The summed E-state index contributed by atoms with van der Waals surface area (Å²) in [5.74, 6) is -2.16. The molecule has 3 aliphatic heterocycles. The molecule has 10 rings (SSSR count). The van der Waals surface area contributed by atoms with Crippen LogP contribution in [0, 0.1) is 21.4 Å². The number of rotatable bonds is 13. The van der Waals surface area contributed by atoms with Gasteiger partial charge in [-0.15, -0.1) is 0 Å². The van der Waals surface area contributed by atoms with Crippen molar-refractivity contribution in [2.75, 3.05) is 31.1 Å². The fraction of sp³-hybridized carbons (Fsp3) is 0.490. The SMILES string of the molecule is CC(C)c1ccccc1[C@H]1CCCN1C1CC2(CCN(c3ccc(C(=O)NS(=O)(=O)c4cc5c(c([N+](=O)[O-])c4)O[C@H](C4CCC(C)(O)CC4)CO5)c(Oc4cc5cc[nH]c5nc4OC(F)F)c3)CC2)C1. The number of benzene rings is 3. The molecule has 2 saturated carbocycles. The first kappa shape index (κ1) is 47.6. The first-order valence-corrected chi connectivity index (χ1v) is 25.7. The van der Waals surface area contributed by atoms with E-state index < -0.39 is 55.6 Å². The lowest BCUT2D eigenvalue weighted by molar-refractivity contribution is -0.386. The molecule has 0 unspecified atom stereocenters. The fourth-order valence-corrected chi connectivity index (χ4v) is 12.5. The maximum atomic E-state index is 14.2. The van der Waals surface area contributed by atoms with E-state index in [0.717, 1.165) is 50.8 Å². The van der Waals surface area contributed by atoms with Crippen molar-refractivity contribution in [2.45, 2.75) is 126 Å². The van der Waals surface area contributed by atoms with E-state index in [4.69, 9.17) is 18.9 Å². The minimum atomic E-state index is -4.83. The average molecular weight is 985 g/mol. The predicted octanol–water partition coefficient (Wildman–Crippen LogP) is 9.77. The van der Waals surface area contributed by atoms with E-state index in [1.807, 2.05) is 4.72 Å². The van der Waals surface area contributed by atoms with Gasteiger partial charge in [0.05, 0.1) is 21.0 Å². The van der Waals surface area contributed by atoms with E-state index >= 15 is 0 Å². The standard InChI is InChI=1S/C51H58F2N6O10S/c1-30(2)36-7-4-5-8-37(36)39-9-6-20-58(39)34-27-51(28-34)17-21-57(22-18-51)33-10-11-38(41(24-33)67-43-23-32-14-19-54-46(32)55-48(43)69-49(52)53)47(60)56-70(64,65)35-25-40(59(62)63)45-42(26-35)66-29-44(68-45)31-12-15-50(3,61)16-13-31/h4-5,7-8,10-11,14,19,23-26,30-31,34,39,44,49,61H,6,9,12-13,15-18,20-22,27-29H2,1-3H3,(H,54,55)(H,56,60)/t31?,39-,44+,50?/m1/s1. The number of nitro groups is 1. The molecule has 2 atom stereocenters. The van der Waals surface area contributed by atoms with Gasteiger partial charge in [0.25, 0.3) is 21.8 Å². The van der Waals surface area contributed by atoms with E-state index in [1.54, 1.807) is 31.3 Å². The van der Waals surface area contributed by atoms with E-state index in [9.17, 15) is 37.2 Å². The first-order chi connectivity index (χ1) is 33.4. The number of carbonyl (C=O) groups excluding carboxylic acids is 1. The first-order valence-electron chi connectivity index (χ1n) is 24.2. The number of H-pyrrole nitrogens is 1. The number of nitrogens with one attached hydrogen (secondary N) is 2. The lowest BCUT2D eigenvalue weighted by Crippen LogP contribution is -2.54. The molecule has 0 bridgehead atoms. The van der Waals surface area contributed by atoms with Crippen LogP contribution in [0.25, 0.3) is 11.0 Å². The Bertz CT molecular complexity index is 2900. The van der Waals surface area contributed by atoms with Crippen molar-refractivity contribution in [1.82, 2.24) is 19.6 Å². The second-order valence-corrected chi connectivity index (χ2v) is 22.0. The number of carbonyl (C=O) groups is 1. The van der Waals surface area contributed by atoms with Gasteiger partial charge in [0.2, 0.25) is 5.75 Å². The highest BCUT2D eigenvalue weighted by Crippen LogP contribution is 2.55. The summed E-state index contributed by atoms with van der Waals surface area (Å²) in [6.07, 6.45) is 9.71. The van der Waals surface area contributed by atoms with Gasteiger partial charge < -0.3 is 33.9 Å². The molecule has 2 aromatic heterocycles. The highest BCUT2D eigenvalue weighted by molar-refractivity contribution is 7.90. The molecule has 372 valence electrons. The minimum absolute atomic E-state index is 0.00784. The number of anilines is 1. The van der Waals surface area contributed by atoms with Crippen molar-refractivity contribution < 1.29 is 51.0 Å². The Hall–Kier alpha value is -6.05. The van der Waals surface area contributed by atoms with Crippen LogP contribution in [0.5, 0.6) is 28.9 Å². The largest absolute Gasteiger partial charge is 0.485 e. The lowest BCUT2D eigenvalue weighted by atomic mass is 9.59. The maximum Gasteiger partial charge on any atom is 0.388 e. The van der Waals surface area contributed by atoms with Crippen LogP contribution >= 0.6 is 0 Å². The van der Waals surface area contributed by atoms with Crippen molar-refractivity contribution >= 4 is 38.3 Å². The quantitative estimate of drug-likeness (QED) is 0.0745. The molecule has 1 spiro atoms. The normalized spacial score (nSPS) is 23.7. The minimum Gasteiger partial charge on any atom is -0.485 e. The molecule has 70 heavy (non-hydrogen) atoms. The van der Waals surface area contributed by atoms with Crippen LogP contribution in [0.3, 0.4) is 0 Å². The molecule has 2 saturated heterocycles. The Morgan fingerprint density at radius 3 is 2.49 bits per heavy atom. The third-order valence-corrected chi connectivity index (χ3v) is 16.7. The van der Waals surface area contributed by atoms with Crippen molar-refractivity contribution in [3.63, 3.8) is 0 Å². The smallest absolute Gasteiger partial charge is 0.388 e. The van der Waals surface area contributed by atoms with Crippen molar-refractivity contribution in [2.24, 2.45) is 11.3 Å².